The predicted molar refractivity (Wildman–Crippen MR) is 121 cm³/mol. The average Bonchev–Trinajstić information content (AvgIpc) is 3.04. The number of hydrogen-bond acceptors (Lipinski definition) is 5. The maximum Gasteiger partial charge on any atom is 0.248 e. The van der Waals surface area contributed by atoms with Crippen molar-refractivity contribution in [2.24, 2.45) is 4.99 Å². The molecule has 9 heteroatoms. The lowest BCUT2D eigenvalue weighted by atomic mass is 10.3. The van der Waals surface area contributed by atoms with Gasteiger partial charge in [0.05, 0.1) is 34.5 Å². The van der Waals surface area contributed by atoms with Gasteiger partial charge < -0.3 is 9.30 Å². The van der Waals surface area contributed by atoms with Gasteiger partial charge in [-0.15, -0.1) is 6.42 Å². The van der Waals surface area contributed by atoms with E-state index in [1.165, 1.54) is 30.6 Å². The summed E-state index contributed by atoms with van der Waals surface area (Å²) in [6, 6.07) is 11.9. The van der Waals surface area contributed by atoms with Crippen molar-refractivity contribution in [1.82, 2.24) is 4.57 Å². The van der Waals surface area contributed by atoms with Crippen molar-refractivity contribution in [2.45, 2.75) is 24.3 Å². The zero-order valence-corrected chi connectivity index (χ0v) is 19.4. The third kappa shape index (κ3) is 5.19. The summed E-state index contributed by atoms with van der Waals surface area (Å²) >= 11 is 4.80. The fraction of sp³-hybridized carbons (Fsp3) is 0.238. The Balaban J connectivity index is 1.73. The van der Waals surface area contributed by atoms with E-state index in [1.54, 1.807) is 16.7 Å². The first-order chi connectivity index (χ1) is 14.3. The van der Waals surface area contributed by atoms with Crippen molar-refractivity contribution < 1.29 is 17.9 Å². The van der Waals surface area contributed by atoms with Gasteiger partial charge >= 0.3 is 0 Å². The number of terminal acetylenes is 1. The van der Waals surface area contributed by atoms with Crippen LogP contribution in [-0.2, 0) is 21.2 Å². The predicted octanol–water partition coefficient (Wildman–Crippen LogP) is 3.79. The number of thiazole rings is 1. The fourth-order valence-corrected chi connectivity index (χ4v) is 5.76. The molecule has 0 spiro atoms. The molecular formula is C21H19BrN2O4S2. The molecule has 0 aliphatic heterocycles. The number of hydrogen-bond donors (Lipinski definition) is 0. The molecule has 6 nitrogen and oxygen atoms in total. The van der Waals surface area contributed by atoms with Crippen LogP contribution < -0.4 is 9.54 Å². The van der Waals surface area contributed by atoms with Gasteiger partial charge in [-0.2, -0.15) is 4.99 Å². The molecule has 0 aliphatic rings. The minimum Gasteiger partial charge on any atom is -0.497 e. The molecule has 1 amide bonds. The first-order valence-corrected chi connectivity index (χ1v) is 12.3. The standard InChI is InChI=1S/C21H19BrN2O4S2/c1-3-12-24-18-11-6-15(22)14-19(18)29-21(24)23-20(25)5-4-13-30(26,27)17-9-7-16(28-2)8-10-17/h1,6-11,14H,4-5,12-13H2,2H3. The summed E-state index contributed by atoms with van der Waals surface area (Å²) in [5.41, 5.74) is 0.898. The van der Waals surface area contributed by atoms with Crippen molar-refractivity contribution in [3.05, 3.63) is 51.7 Å². The molecule has 0 atom stereocenters. The summed E-state index contributed by atoms with van der Waals surface area (Å²) in [5, 5.41) is 0. The monoisotopic (exact) mass is 506 g/mol. The number of halogens is 1. The molecule has 2 aromatic carbocycles. The normalized spacial score (nSPS) is 12.1. The Morgan fingerprint density at radius 1 is 1.27 bits per heavy atom. The number of fused-ring (bicyclic) bond motifs is 1. The van der Waals surface area contributed by atoms with Crippen molar-refractivity contribution in [3.63, 3.8) is 0 Å². The summed E-state index contributed by atoms with van der Waals surface area (Å²) in [7, 11) is -1.96. The molecular weight excluding hydrogens is 488 g/mol. The second kappa shape index (κ2) is 9.60. The number of amides is 1. The Morgan fingerprint density at radius 2 is 2.00 bits per heavy atom. The molecule has 156 valence electrons. The summed E-state index contributed by atoms with van der Waals surface area (Å²) in [4.78, 5) is 17.3. The van der Waals surface area contributed by atoms with E-state index in [1.807, 2.05) is 18.2 Å². The Bertz CT molecular complexity index is 1280. The van der Waals surface area contributed by atoms with E-state index < -0.39 is 9.84 Å². The van der Waals surface area contributed by atoms with Crippen LogP contribution in [0.25, 0.3) is 10.2 Å². The highest BCUT2D eigenvalue weighted by Gasteiger charge is 2.15. The number of rotatable bonds is 7. The number of sulfone groups is 1. The number of carbonyl (C=O) groups excluding carboxylic acids is 1. The van der Waals surface area contributed by atoms with Gasteiger partial charge in [-0.1, -0.05) is 33.2 Å². The van der Waals surface area contributed by atoms with Crippen molar-refractivity contribution >= 4 is 53.2 Å². The van der Waals surface area contributed by atoms with Gasteiger partial charge in [0.2, 0.25) is 5.91 Å². The maximum atomic E-state index is 12.4. The van der Waals surface area contributed by atoms with Gasteiger partial charge in [0, 0.05) is 10.9 Å². The topological polar surface area (TPSA) is 77.7 Å². The van der Waals surface area contributed by atoms with Crippen LogP contribution in [0.5, 0.6) is 5.75 Å². The number of methoxy groups -OCH3 is 1. The second-order valence-electron chi connectivity index (χ2n) is 6.39. The first-order valence-electron chi connectivity index (χ1n) is 9.01. The smallest absolute Gasteiger partial charge is 0.248 e. The molecule has 0 saturated heterocycles. The molecule has 0 fully saturated rings. The van der Waals surface area contributed by atoms with Crippen LogP contribution in [0, 0.1) is 12.3 Å². The van der Waals surface area contributed by atoms with E-state index in [4.69, 9.17) is 11.2 Å². The van der Waals surface area contributed by atoms with Crippen LogP contribution in [0.15, 0.2) is 56.8 Å². The SMILES string of the molecule is C#CCn1c(=NC(=O)CCCS(=O)(=O)c2ccc(OC)cc2)sc2cc(Br)ccc21. The molecule has 0 bridgehead atoms. The Hall–Kier alpha value is -2.41. The highest BCUT2D eigenvalue weighted by atomic mass is 79.9. The molecule has 30 heavy (non-hydrogen) atoms. The van der Waals surface area contributed by atoms with Gasteiger partial charge in [0.1, 0.15) is 5.75 Å². The van der Waals surface area contributed by atoms with Gasteiger partial charge in [-0.25, -0.2) is 8.42 Å². The van der Waals surface area contributed by atoms with Crippen molar-refractivity contribution in [3.8, 4) is 18.1 Å². The molecule has 0 aliphatic carbocycles. The second-order valence-corrected chi connectivity index (χ2v) is 10.4. The molecule has 1 heterocycles. The van der Waals surface area contributed by atoms with E-state index in [2.05, 4.69) is 26.8 Å². The average molecular weight is 507 g/mol. The van der Waals surface area contributed by atoms with Crippen LogP contribution in [0.3, 0.4) is 0 Å². The lowest BCUT2D eigenvalue weighted by Crippen LogP contribution is -2.16. The molecule has 3 aromatic rings. The molecule has 1 aromatic heterocycles. The van der Waals surface area contributed by atoms with E-state index >= 15 is 0 Å². The van der Waals surface area contributed by atoms with Crippen LogP contribution in [0.4, 0.5) is 0 Å². The van der Waals surface area contributed by atoms with Crippen molar-refractivity contribution in [2.75, 3.05) is 12.9 Å². The number of nitrogens with zero attached hydrogens (tertiary/aromatic N) is 2. The molecule has 0 saturated carbocycles. The zero-order chi connectivity index (χ0) is 21.7. The quantitative estimate of drug-likeness (QED) is 0.456. The van der Waals surface area contributed by atoms with Gasteiger partial charge in [0.15, 0.2) is 14.6 Å². The summed E-state index contributed by atoms with van der Waals surface area (Å²) < 4.78 is 33.6. The summed E-state index contributed by atoms with van der Waals surface area (Å²) in [6.45, 7) is 0.291. The molecule has 0 unspecified atom stereocenters. The van der Waals surface area contributed by atoms with Crippen molar-refractivity contribution in [1.29, 1.82) is 0 Å². The largest absolute Gasteiger partial charge is 0.497 e. The zero-order valence-electron chi connectivity index (χ0n) is 16.2. The summed E-state index contributed by atoms with van der Waals surface area (Å²) in [5.74, 6) is 2.65. The third-order valence-electron chi connectivity index (χ3n) is 4.34. The minimum absolute atomic E-state index is 0.0311. The lowest BCUT2D eigenvalue weighted by Gasteiger charge is -2.05. The van der Waals surface area contributed by atoms with E-state index in [-0.39, 0.29) is 29.4 Å². The number of aromatic nitrogens is 1. The Morgan fingerprint density at radius 3 is 2.67 bits per heavy atom. The number of ether oxygens (including phenoxy) is 1. The van der Waals surface area contributed by atoms with Crippen LogP contribution in [0.1, 0.15) is 12.8 Å². The summed E-state index contributed by atoms with van der Waals surface area (Å²) in [6.07, 6.45) is 5.68. The fourth-order valence-electron chi connectivity index (χ4n) is 2.85. The number of carbonyl (C=O) groups is 1. The number of benzene rings is 2. The van der Waals surface area contributed by atoms with E-state index in [0.717, 1.165) is 14.7 Å². The van der Waals surface area contributed by atoms with Gasteiger partial charge in [-0.05, 0) is 48.9 Å². The third-order valence-corrected chi connectivity index (χ3v) is 7.69. The minimum atomic E-state index is -3.48. The van der Waals surface area contributed by atoms with Gasteiger partial charge in [-0.3, -0.25) is 4.79 Å². The van der Waals surface area contributed by atoms with Gasteiger partial charge in [0.25, 0.3) is 0 Å². The highest BCUT2D eigenvalue weighted by Crippen LogP contribution is 2.22. The molecule has 3 rings (SSSR count). The highest BCUT2D eigenvalue weighted by molar-refractivity contribution is 9.10. The Kier molecular flexibility index (Phi) is 7.13. The first kappa shape index (κ1) is 22.3. The van der Waals surface area contributed by atoms with E-state index in [9.17, 15) is 13.2 Å². The lowest BCUT2D eigenvalue weighted by molar-refractivity contribution is -0.118. The van der Waals surface area contributed by atoms with Crippen LogP contribution in [-0.4, -0.2) is 31.8 Å². The van der Waals surface area contributed by atoms with Crippen LogP contribution >= 0.6 is 27.3 Å². The van der Waals surface area contributed by atoms with E-state index in [0.29, 0.717) is 17.1 Å². The Labute approximate surface area is 187 Å². The molecule has 0 radical (unpaired) electrons. The van der Waals surface area contributed by atoms with Crippen LogP contribution in [0.2, 0.25) is 0 Å². The maximum absolute atomic E-state index is 12.4. The molecule has 0 N–H and O–H groups in total.